The highest BCUT2D eigenvalue weighted by Crippen LogP contribution is 2.33. The third kappa shape index (κ3) is 4.25. The van der Waals surface area contributed by atoms with Gasteiger partial charge in [-0.05, 0) is 43.1 Å². The molecule has 0 radical (unpaired) electrons. The maximum atomic E-state index is 12.9. The van der Waals surface area contributed by atoms with Crippen LogP contribution in [-0.4, -0.2) is 77.5 Å². The molecule has 13 heteroatoms. The summed E-state index contributed by atoms with van der Waals surface area (Å²) in [5.41, 5.74) is 0.288. The van der Waals surface area contributed by atoms with Crippen molar-refractivity contribution in [2.75, 3.05) is 32.7 Å². The average Bonchev–Trinajstić information content (AvgIpc) is 3.45. The Morgan fingerprint density at radius 1 is 1.22 bits per heavy atom. The van der Waals surface area contributed by atoms with Crippen LogP contribution in [0.15, 0.2) is 31.8 Å². The maximum Gasteiger partial charge on any atom is 0.294 e. The van der Waals surface area contributed by atoms with Gasteiger partial charge in [0, 0.05) is 31.1 Å². The Labute approximate surface area is 192 Å². The van der Waals surface area contributed by atoms with E-state index in [0.29, 0.717) is 0 Å². The van der Waals surface area contributed by atoms with Gasteiger partial charge >= 0.3 is 0 Å². The molecular formula is C19H20N4O6S3. The molecule has 0 spiro atoms. The zero-order valence-electron chi connectivity index (χ0n) is 17.3. The molecule has 0 saturated carbocycles. The van der Waals surface area contributed by atoms with Crippen LogP contribution in [0.25, 0.3) is 6.08 Å². The number of amides is 3. The summed E-state index contributed by atoms with van der Waals surface area (Å²) in [5.74, 6) is -0.684. The van der Waals surface area contributed by atoms with Crippen molar-refractivity contribution >= 4 is 56.3 Å². The van der Waals surface area contributed by atoms with E-state index in [4.69, 9.17) is 4.52 Å². The lowest BCUT2D eigenvalue weighted by molar-refractivity contribution is -0.136. The molecule has 0 aliphatic carbocycles. The highest BCUT2D eigenvalue weighted by atomic mass is 32.2. The van der Waals surface area contributed by atoms with Gasteiger partial charge in [0.05, 0.1) is 4.91 Å². The van der Waals surface area contributed by atoms with Crippen molar-refractivity contribution in [2.24, 2.45) is 0 Å². The molecule has 0 aromatic carbocycles. The molecule has 2 aliphatic heterocycles. The first-order valence-corrected chi connectivity index (χ1v) is 12.8. The van der Waals surface area contributed by atoms with Gasteiger partial charge in [0.25, 0.3) is 11.1 Å². The Morgan fingerprint density at radius 3 is 2.53 bits per heavy atom. The SMILES string of the molecule is Cc1noc(C)c1S(=O)(=O)N1CCN(C(=O)CN2C(=O)S/C(=C\c3cccs3)C2=O)CC1. The fourth-order valence-corrected chi connectivity index (χ4v) is 6.80. The van der Waals surface area contributed by atoms with Crippen LogP contribution < -0.4 is 0 Å². The van der Waals surface area contributed by atoms with Crippen LogP contribution >= 0.6 is 23.1 Å². The number of carbonyl (C=O) groups is 3. The van der Waals surface area contributed by atoms with Gasteiger partial charge in [-0.3, -0.25) is 19.3 Å². The highest BCUT2D eigenvalue weighted by Gasteiger charge is 2.39. The van der Waals surface area contributed by atoms with E-state index in [0.717, 1.165) is 21.5 Å². The zero-order valence-corrected chi connectivity index (χ0v) is 19.8. The van der Waals surface area contributed by atoms with E-state index in [9.17, 15) is 22.8 Å². The van der Waals surface area contributed by atoms with Crippen molar-refractivity contribution in [1.82, 2.24) is 19.3 Å². The number of sulfonamides is 1. The second kappa shape index (κ2) is 8.81. The molecule has 3 amide bonds. The third-order valence-corrected chi connectivity index (χ3v) is 9.01. The first-order valence-electron chi connectivity index (χ1n) is 9.68. The van der Waals surface area contributed by atoms with E-state index in [2.05, 4.69) is 5.16 Å². The average molecular weight is 497 g/mol. The maximum absolute atomic E-state index is 12.9. The lowest BCUT2D eigenvalue weighted by Crippen LogP contribution is -2.53. The minimum Gasteiger partial charge on any atom is -0.360 e. The summed E-state index contributed by atoms with van der Waals surface area (Å²) in [6, 6.07) is 3.68. The van der Waals surface area contributed by atoms with E-state index in [1.165, 1.54) is 27.5 Å². The van der Waals surface area contributed by atoms with Crippen LogP contribution in [0.1, 0.15) is 16.3 Å². The number of nitrogens with zero attached hydrogens (tertiary/aromatic N) is 4. The summed E-state index contributed by atoms with van der Waals surface area (Å²) in [6.45, 7) is 3.23. The second-order valence-corrected chi connectivity index (χ2v) is 11.1. The van der Waals surface area contributed by atoms with Gasteiger partial charge in [-0.1, -0.05) is 11.2 Å². The number of imide groups is 1. The molecule has 4 rings (SSSR count). The number of aryl methyl sites for hydroxylation is 2. The number of aromatic nitrogens is 1. The normalized spacial score (nSPS) is 19.4. The van der Waals surface area contributed by atoms with E-state index < -0.39 is 27.1 Å². The number of piperazine rings is 1. The Kier molecular flexibility index (Phi) is 6.25. The van der Waals surface area contributed by atoms with Gasteiger partial charge in [-0.2, -0.15) is 4.31 Å². The zero-order chi connectivity index (χ0) is 23.0. The number of hydrogen-bond acceptors (Lipinski definition) is 9. The molecule has 4 heterocycles. The predicted molar refractivity (Wildman–Crippen MR) is 118 cm³/mol. The number of hydrogen-bond donors (Lipinski definition) is 0. The van der Waals surface area contributed by atoms with E-state index in [1.54, 1.807) is 13.0 Å². The molecule has 32 heavy (non-hydrogen) atoms. The molecule has 2 aromatic rings. The second-order valence-electron chi connectivity index (χ2n) is 7.22. The molecular weight excluding hydrogens is 476 g/mol. The van der Waals surface area contributed by atoms with E-state index >= 15 is 0 Å². The molecule has 0 atom stereocenters. The monoisotopic (exact) mass is 496 g/mol. The molecule has 0 bridgehead atoms. The number of carbonyl (C=O) groups excluding carboxylic acids is 3. The van der Waals surface area contributed by atoms with Crippen molar-refractivity contribution < 1.29 is 27.3 Å². The van der Waals surface area contributed by atoms with Crippen molar-refractivity contribution in [3.05, 3.63) is 38.7 Å². The van der Waals surface area contributed by atoms with Gasteiger partial charge in [-0.25, -0.2) is 8.42 Å². The molecule has 0 N–H and O–H groups in total. The molecule has 10 nitrogen and oxygen atoms in total. The topological polar surface area (TPSA) is 121 Å². The van der Waals surface area contributed by atoms with E-state index in [1.807, 2.05) is 17.5 Å². The summed E-state index contributed by atoms with van der Waals surface area (Å²) >= 11 is 2.25. The van der Waals surface area contributed by atoms with Crippen LogP contribution in [0.4, 0.5) is 4.79 Å². The summed E-state index contributed by atoms with van der Waals surface area (Å²) in [6.07, 6.45) is 1.64. The lowest BCUT2D eigenvalue weighted by atomic mass is 10.3. The van der Waals surface area contributed by atoms with Crippen LogP contribution in [0, 0.1) is 13.8 Å². The quantitative estimate of drug-likeness (QED) is 0.576. The predicted octanol–water partition coefficient (Wildman–Crippen LogP) is 1.92. The Hall–Kier alpha value is -2.48. The fraction of sp³-hybridized carbons (Fsp3) is 0.368. The molecule has 2 aromatic heterocycles. The fourth-order valence-electron chi connectivity index (χ4n) is 3.52. The summed E-state index contributed by atoms with van der Waals surface area (Å²) in [4.78, 5) is 41.2. The Morgan fingerprint density at radius 2 is 1.94 bits per heavy atom. The van der Waals surface area contributed by atoms with Crippen LogP contribution in [0.2, 0.25) is 0 Å². The van der Waals surface area contributed by atoms with Crippen molar-refractivity contribution in [1.29, 1.82) is 0 Å². The van der Waals surface area contributed by atoms with Crippen LogP contribution in [-0.2, 0) is 19.6 Å². The lowest BCUT2D eigenvalue weighted by Gasteiger charge is -2.34. The summed E-state index contributed by atoms with van der Waals surface area (Å²) < 4.78 is 32.1. The molecule has 2 fully saturated rings. The van der Waals surface area contributed by atoms with Crippen LogP contribution in [0.5, 0.6) is 0 Å². The Balaban J connectivity index is 1.38. The smallest absolute Gasteiger partial charge is 0.294 e. The van der Waals surface area contributed by atoms with E-state index in [-0.39, 0.29) is 54.0 Å². The number of thiophene rings is 1. The van der Waals surface area contributed by atoms with Gasteiger partial charge in [0.1, 0.15) is 17.1 Å². The first-order chi connectivity index (χ1) is 15.2. The van der Waals surface area contributed by atoms with Gasteiger partial charge in [0.2, 0.25) is 15.9 Å². The first kappa shape index (κ1) is 22.7. The minimum absolute atomic E-state index is 0.0487. The van der Waals surface area contributed by atoms with Crippen molar-refractivity contribution in [2.45, 2.75) is 18.7 Å². The van der Waals surface area contributed by atoms with Gasteiger partial charge in [-0.15, -0.1) is 11.3 Å². The van der Waals surface area contributed by atoms with Crippen molar-refractivity contribution in [3.63, 3.8) is 0 Å². The number of thioether (sulfide) groups is 1. The molecule has 170 valence electrons. The standard InChI is InChI=1S/C19H20N4O6S3/c1-12-17(13(2)29-20-12)32(27,28)22-7-5-21(6-8-22)16(24)11-23-18(25)15(31-19(23)26)10-14-4-3-9-30-14/h3-4,9-10H,5-8,11H2,1-2H3/b15-10-. The van der Waals surface area contributed by atoms with Gasteiger partial charge < -0.3 is 9.42 Å². The molecule has 2 aliphatic rings. The number of rotatable bonds is 5. The summed E-state index contributed by atoms with van der Waals surface area (Å²) in [5, 5.41) is 5.07. The largest absolute Gasteiger partial charge is 0.360 e. The summed E-state index contributed by atoms with van der Waals surface area (Å²) in [7, 11) is -3.79. The minimum atomic E-state index is -3.79. The van der Waals surface area contributed by atoms with Crippen molar-refractivity contribution in [3.8, 4) is 0 Å². The third-order valence-electron chi connectivity index (χ3n) is 5.14. The van der Waals surface area contributed by atoms with Gasteiger partial charge in [0.15, 0.2) is 5.76 Å². The molecule has 2 saturated heterocycles. The molecule has 0 unspecified atom stereocenters. The van der Waals surface area contributed by atoms with Crippen LogP contribution in [0.3, 0.4) is 0 Å². The Bertz CT molecular complexity index is 1170. The highest BCUT2D eigenvalue weighted by molar-refractivity contribution is 8.18.